The monoisotopic (exact) mass is 867 g/mol. The number of para-hydroxylation sites is 2. The molecular formula is C50H69NS2Sn. The molecule has 0 saturated heterocycles. The van der Waals surface area contributed by atoms with E-state index in [2.05, 4.69) is 159 Å². The number of aryl methyl sites for hydroxylation is 2. The summed E-state index contributed by atoms with van der Waals surface area (Å²) in [5.74, 6) is 0. The normalized spacial score (nSPS) is 11.7. The van der Waals surface area contributed by atoms with Crippen molar-refractivity contribution in [3.05, 3.63) is 108 Å². The van der Waals surface area contributed by atoms with Gasteiger partial charge in [0.25, 0.3) is 0 Å². The quantitative estimate of drug-likeness (QED) is 0.0417. The fourth-order valence-electron chi connectivity index (χ4n) is 8.17. The molecule has 3 aromatic carbocycles. The third-order valence-electron chi connectivity index (χ3n) is 11.4. The van der Waals surface area contributed by atoms with E-state index in [-0.39, 0.29) is 0 Å². The van der Waals surface area contributed by atoms with Gasteiger partial charge < -0.3 is 0 Å². The van der Waals surface area contributed by atoms with Gasteiger partial charge in [0.15, 0.2) is 0 Å². The van der Waals surface area contributed by atoms with Crippen molar-refractivity contribution in [3.8, 4) is 20.2 Å². The first kappa shape index (κ1) is 42.8. The zero-order valence-corrected chi connectivity index (χ0v) is 38.9. The summed E-state index contributed by atoms with van der Waals surface area (Å²) in [7, 11) is 0. The van der Waals surface area contributed by atoms with E-state index in [1.807, 2.05) is 2.89 Å². The summed E-state index contributed by atoms with van der Waals surface area (Å²) in [5.41, 5.74) is 8.20. The summed E-state index contributed by atoms with van der Waals surface area (Å²) >= 11 is 1.81. The molecule has 290 valence electrons. The van der Waals surface area contributed by atoms with Gasteiger partial charge in [-0.25, -0.2) is 0 Å². The Morgan fingerprint density at radius 2 is 0.889 bits per heavy atom. The van der Waals surface area contributed by atoms with E-state index < -0.39 is 18.4 Å². The minimum atomic E-state index is -2.58. The van der Waals surface area contributed by atoms with Crippen LogP contribution in [0.3, 0.4) is 0 Å². The van der Waals surface area contributed by atoms with Crippen LogP contribution in [0.2, 0.25) is 13.3 Å². The zero-order chi connectivity index (χ0) is 38.0. The molecule has 0 radical (unpaired) electrons. The second-order valence-corrected chi connectivity index (χ2v) is 32.0. The van der Waals surface area contributed by atoms with Crippen molar-refractivity contribution in [1.29, 1.82) is 0 Å². The summed E-state index contributed by atoms with van der Waals surface area (Å²) in [5, 5.41) is 0. The maximum absolute atomic E-state index is 2.83. The fourth-order valence-corrected chi connectivity index (χ4v) is 30.0. The van der Waals surface area contributed by atoms with E-state index in [0.29, 0.717) is 0 Å². The van der Waals surface area contributed by atoms with Crippen LogP contribution in [0, 0.1) is 0 Å². The minimum absolute atomic E-state index is 1.18. The molecule has 0 aliphatic carbocycles. The molecule has 0 aliphatic rings. The Morgan fingerprint density at radius 3 is 1.37 bits per heavy atom. The van der Waals surface area contributed by atoms with Gasteiger partial charge in [-0.15, -0.1) is 0 Å². The Labute approximate surface area is 342 Å². The van der Waals surface area contributed by atoms with Gasteiger partial charge in [-0.3, -0.25) is 0 Å². The molecular weight excluding hydrogens is 797 g/mol. The van der Waals surface area contributed by atoms with Gasteiger partial charge in [0, 0.05) is 0 Å². The molecule has 0 atom stereocenters. The zero-order valence-electron chi connectivity index (χ0n) is 34.4. The van der Waals surface area contributed by atoms with Crippen LogP contribution in [0.15, 0.2) is 97.1 Å². The Bertz CT molecular complexity index is 1690. The summed E-state index contributed by atoms with van der Waals surface area (Å²) in [6.07, 6.45) is 21.3. The molecule has 54 heavy (non-hydrogen) atoms. The first-order chi connectivity index (χ1) is 26.6. The van der Waals surface area contributed by atoms with Crippen molar-refractivity contribution in [2.75, 3.05) is 4.90 Å². The maximum atomic E-state index is 2.83. The third kappa shape index (κ3) is 11.6. The van der Waals surface area contributed by atoms with Crippen LogP contribution < -0.4 is 7.79 Å². The van der Waals surface area contributed by atoms with E-state index >= 15 is 0 Å². The molecule has 0 N–H and O–H groups in total. The molecule has 0 bridgehead atoms. The molecule has 5 aromatic rings. The van der Waals surface area contributed by atoms with Crippen molar-refractivity contribution >= 4 is 61.0 Å². The molecule has 2 heterocycles. The van der Waals surface area contributed by atoms with Crippen LogP contribution in [0.25, 0.3) is 20.2 Å². The van der Waals surface area contributed by atoms with Gasteiger partial charge >= 0.3 is 284 Å². The molecule has 0 fully saturated rings. The number of benzene rings is 3. The van der Waals surface area contributed by atoms with E-state index in [1.165, 1.54) is 130 Å². The Balaban J connectivity index is 1.58. The molecule has 0 aliphatic heterocycles. The van der Waals surface area contributed by atoms with Crippen molar-refractivity contribution in [2.45, 2.75) is 151 Å². The van der Waals surface area contributed by atoms with Crippen molar-refractivity contribution in [3.63, 3.8) is 0 Å². The van der Waals surface area contributed by atoms with E-state index in [1.54, 1.807) is 34.2 Å². The molecule has 0 unspecified atom stereocenters. The van der Waals surface area contributed by atoms with Crippen LogP contribution in [0.5, 0.6) is 0 Å². The van der Waals surface area contributed by atoms with Gasteiger partial charge in [-0.05, 0) is 24.3 Å². The van der Waals surface area contributed by atoms with Crippen LogP contribution in [0.4, 0.5) is 17.1 Å². The van der Waals surface area contributed by atoms with Crippen LogP contribution in [-0.4, -0.2) is 18.4 Å². The summed E-state index contributed by atoms with van der Waals surface area (Å²) in [6, 6.07) is 36.4. The van der Waals surface area contributed by atoms with Gasteiger partial charge in [0.1, 0.15) is 0 Å². The second-order valence-electron chi connectivity index (χ2n) is 15.7. The number of rotatable bonds is 25. The number of thiophene rings is 2. The van der Waals surface area contributed by atoms with Crippen molar-refractivity contribution in [1.82, 2.24) is 0 Å². The summed E-state index contributed by atoms with van der Waals surface area (Å²) in [6.45, 7) is 11.9. The molecule has 1 nitrogen and oxygen atoms in total. The van der Waals surface area contributed by atoms with Crippen molar-refractivity contribution in [2.24, 2.45) is 0 Å². The van der Waals surface area contributed by atoms with Crippen molar-refractivity contribution < 1.29 is 0 Å². The second kappa shape index (κ2) is 23.0. The summed E-state index contributed by atoms with van der Waals surface area (Å²) in [4.78, 5) is 7.06. The van der Waals surface area contributed by atoms with Gasteiger partial charge in [-0.2, -0.15) is 0 Å². The number of hydrogen-bond donors (Lipinski definition) is 0. The van der Waals surface area contributed by atoms with E-state index in [9.17, 15) is 0 Å². The molecule has 4 heteroatoms. The molecule has 0 saturated carbocycles. The van der Waals surface area contributed by atoms with Gasteiger partial charge in [0.2, 0.25) is 0 Å². The first-order valence-corrected chi connectivity index (χ1v) is 31.0. The molecule has 2 aromatic heterocycles. The SMILES string of the molecule is CCCCCCc1cc(-c2ccc(N(c3ccccc3)c3ccccc3)cc2)sc1-c1s[c]([Sn]([CH2]CCC)([CH2]CCC)[CH2]CCC)cc1CCCCCC. The number of hydrogen-bond acceptors (Lipinski definition) is 3. The Hall–Kier alpha value is -2.34. The van der Waals surface area contributed by atoms with E-state index in [4.69, 9.17) is 0 Å². The average molecular weight is 867 g/mol. The predicted molar refractivity (Wildman–Crippen MR) is 248 cm³/mol. The van der Waals surface area contributed by atoms with Crippen LogP contribution in [0.1, 0.15) is 136 Å². The van der Waals surface area contributed by atoms with Gasteiger partial charge in [-0.1, -0.05) is 36.4 Å². The third-order valence-corrected chi connectivity index (χ3v) is 32.2. The van der Waals surface area contributed by atoms with Crippen LogP contribution in [-0.2, 0) is 12.8 Å². The molecule has 0 spiro atoms. The molecule has 5 rings (SSSR count). The standard InChI is InChI=1S/C38H42NS2.3C4H9.Sn/c1-3-5-7-11-17-31-27-28-40-37(31)38-32(18-12-8-6-4-2)29-36(41-38)30-23-25-35(26-24-30)39(33-19-13-9-14-20-33)34-21-15-10-16-22-34;3*1-3-4-2;/h9-10,13-16,19-27,29H,3-8,11-12,17-18H2,1-2H3;3*1,3-4H2,2H3;. The Morgan fingerprint density at radius 1 is 0.444 bits per heavy atom. The first-order valence-electron chi connectivity index (χ1n) is 21.8. The predicted octanol–water partition coefficient (Wildman–Crippen LogP) is 16.9. The van der Waals surface area contributed by atoms with Crippen LogP contribution >= 0.6 is 22.7 Å². The fraction of sp³-hybridized carbons (Fsp3) is 0.480. The summed E-state index contributed by atoms with van der Waals surface area (Å²) < 4.78 is 6.57. The average Bonchev–Trinajstić information content (AvgIpc) is 3.84. The number of unbranched alkanes of at least 4 members (excludes halogenated alkanes) is 9. The number of nitrogens with zero attached hydrogens (tertiary/aromatic N) is 1. The molecule has 0 amide bonds. The Kier molecular flexibility index (Phi) is 18.2. The van der Waals surface area contributed by atoms with E-state index in [0.717, 1.165) is 0 Å². The topological polar surface area (TPSA) is 3.24 Å². The van der Waals surface area contributed by atoms with Gasteiger partial charge in [0.05, 0.1) is 0 Å². The number of anilines is 3.